The molecule has 0 amide bonds. The van der Waals surface area contributed by atoms with Crippen LogP contribution in [0.3, 0.4) is 0 Å². The Kier molecular flexibility index (Phi) is 6.49. The Morgan fingerprint density at radius 3 is 2.70 bits per heavy atom. The van der Waals surface area contributed by atoms with Gasteiger partial charge in [0.1, 0.15) is 5.82 Å². The van der Waals surface area contributed by atoms with Crippen LogP contribution >= 0.6 is 22.6 Å². The lowest BCUT2D eigenvalue weighted by atomic mass is 10.2. The highest BCUT2D eigenvalue weighted by atomic mass is 127. The zero-order valence-corrected chi connectivity index (χ0v) is 13.7. The van der Waals surface area contributed by atoms with Crippen molar-refractivity contribution in [3.63, 3.8) is 0 Å². The first-order valence-corrected chi connectivity index (χ1v) is 7.73. The Hall–Kier alpha value is -0.920. The average Bonchev–Trinajstić information content (AvgIpc) is 2.92. The third kappa shape index (κ3) is 4.57. The number of methoxy groups -OCH3 is 1. The van der Waals surface area contributed by atoms with E-state index >= 15 is 0 Å². The summed E-state index contributed by atoms with van der Waals surface area (Å²) < 4.78 is 13.9. The number of hydrogen-bond acceptors (Lipinski definition) is 3. The molecule has 5 heteroatoms. The first kappa shape index (κ1) is 15.5. The molecule has 2 aromatic rings. The van der Waals surface area contributed by atoms with Gasteiger partial charge in [-0.05, 0) is 41.1 Å². The van der Waals surface area contributed by atoms with Gasteiger partial charge in [-0.2, -0.15) is 0 Å². The number of aromatic nitrogens is 2. The van der Waals surface area contributed by atoms with Crippen LogP contribution < -0.4 is 0 Å². The quantitative estimate of drug-likeness (QED) is 0.517. The summed E-state index contributed by atoms with van der Waals surface area (Å²) in [4.78, 5) is 4.43. The lowest BCUT2D eigenvalue weighted by molar-refractivity contribution is 0.0979. The SMILES string of the molecule is COCCCOCCn1ccnc1-c1ccc(I)cc1. The number of hydrogen-bond donors (Lipinski definition) is 0. The zero-order valence-electron chi connectivity index (χ0n) is 11.6. The third-order valence-electron chi connectivity index (χ3n) is 2.93. The molecule has 1 heterocycles. The number of halogens is 1. The number of ether oxygens (including phenoxy) is 2. The molecule has 20 heavy (non-hydrogen) atoms. The van der Waals surface area contributed by atoms with Crippen LogP contribution in [-0.4, -0.2) is 36.5 Å². The molecule has 2 rings (SSSR count). The van der Waals surface area contributed by atoms with Gasteiger partial charge in [0, 0.05) is 48.4 Å². The van der Waals surface area contributed by atoms with Gasteiger partial charge in [-0.3, -0.25) is 0 Å². The Bertz CT molecular complexity index is 511. The first-order chi connectivity index (χ1) is 9.81. The van der Waals surface area contributed by atoms with Crippen LogP contribution in [0.25, 0.3) is 11.4 Å². The van der Waals surface area contributed by atoms with E-state index < -0.39 is 0 Å². The first-order valence-electron chi connectivity index (χ1n) is 6.65. The lowest BCUT2D eigenvalue weighted by Gasteiger charge is -2.09. The topological polar surface area (TPSA) is 36.3 Å². The Balaban J connectivity index is 1.87. The molecule has 0 N–H and O–H groups in total. The fourth-order valence-corrected chi connectivity index (χ4v) is 2.28. The molecular formula is C15H19IN2O2. The molecule has 0 saturated heterocycles. The van der Waals surface area contributed by atoms with Crippen molar-refractivity contribution < 1.29 is 9.47 Å². The number of imidazole rings is 1. The van der Waals surface area contributed by atoms with Crippen molar-refractivity contribution in [2.45, 2.75) is 13.0 Å². The largest absolute Gasteiger partial charge is 0.385 e. The molecule has 0 spiro atoms. The highest BCUT2D eigenvalue weighted by Crippen LogP contribution is 2.18. The Morgan fingerprint density at radius 1 is 1.15 bits per heavy atom. The summed E-state index contributed by atoms with van der Waals surface area (Å²) in [6, 6.07) is 8.38. The molecule has 1 aromatic carbocycles. The van der Waals surface area contributed by atoms with Crippen molar-refractivity contribution in [2.24, 2.45) is 0 Å². The van der Waals surface area contributed by atoms with Gasteiger partial charge in [-0.15, -0.1) is 0 Å². The van der Waals surface area contributed by atoms with Crippen molar-refractivity contribution in [3.05, 3.63) is 40.2 Å². The van der Waals surface area contributed by atoms with E-state index in [0.717, 1.165) is 37.6 Å². The van der Waals surface area contributed by atoms with Crippen LogP contribution in [0.4, 0.5) is 0 Å². The van der Waals surface area contributed by atoms with Gasteiger partial charge in [0.25, 0.3) is 0 Å². The molecular weight excluding hydrogens is 367 g/mol. The average molecular weight is 386 g/mol. The lowest BCUT2D eigenvalue weighted by Crippen LogP contribution is -2.08. The van der Waals surface area contributed by atoms with E-state index in [1.54, 1.807) is 7.11 Å². The second kappa shape index (κ2) is 8.39. The molecule has 1 aromatic heterocycles. The molecule has 4 nitrogen and oxygen atoms in total. The van der Waals surface area contributed by atoms with Gasteiger partial charge in [0.15, 0.2) is 0 Å². The van der Waals surface area contributed by atoms with E-state index in [4.69, 9.17) is 9.47 Å². The summed E-state index contributed by atoms with van der Waals surface area (Å²) in [5.41, 5.74) is 1.13. The molecule has 0 unspecified atom stereocenters. The number of nitrogens with zero attached hydrogens (tertiary/aromatic N) is 2. The highest BCUT2D eigenvalue weighted by molar-refractivity contribution is 14.1. The minimum atomic E-state index is 0.692. The van der Waals surface area contributed by atoms with Crippen molar-refractivity contribution in [1.82, 2.24) is 9.55 Å². The normalized spacial score (nSPS) is 10.9. The predicted octanol–water partition coefficient (Wildman–Crippen LogP) is 3.21. The maximum atomic E-state index is 5.59. The van der Waals surface area contributed by atoms with Crippen LogP contribution in [0, 0.1) is 3.57 Å². The summed E-state index contributed by atoms with van der Waals surface area (Å²) in [5, 5.41) is 0. The zero-order chi connectivity index (χ0) is 14.2. The molecule has 0 atom stereocenters. The van der Waals surface area contributed by atoms with Crippen molar-refractivity contribution in [1.29, 1.82) is 0 Å². The van der Waals surface area contributed by atoms with Crippen molar-refractivity contribution in [2.75, 3.05) is 26.9 Å². The summed E-state index contributed by atoms with van der Waals surface area (Å²) in [6.45, 7) is 2.99. The Morgan fingerprint density at radius 2 is 1.95 bits per heavy atom. The van der Waals surface area contributed by atoms with E-state index in [0.29, 0.717) is 6.61 Å². The molecule has 0 radical (unpaired) electrons. The molecule has 108 valence electrons. The highest BCUT2D eigenvalue weighted by Gasteiger charge is 2.05. The molecule has 0 saturated carbocycles. The van der Waals surface area contributed by atoms with Gasteiger partial charge in [-0.25, -0.2) is 4.98 Å². The molecule has 0 aliphatic carbocycles. The predicted molar refractivity (Wildman–Crippen MR) is 87.7 cm³/mol. The standard InChI is InChI=1S/C15H19IN2O2/c1-19-10-2-11-20-12-9-18-8-7-17-15(18)13-3-5-14(16)6-4-13/h3-8H,2,9-12H2,1H3. The van der Waals surface area contributed by atoms with E-state index in [9.17, 15) is 0 Å². The molecule has 0 bridgehead atoms. The fourth-order valence-electron chi connectivity index (χ4n) is 1.92. The second-order valence-electron chi connectivity index (χ2n) is 4.41. The van der Waals surface area contributed by atoms with Crippen LogP contribution in [0.15, 0.2) is 36.7 Å². The second-order valence-corrected chi connectivity index (χ2v) is 5.66. The van der Waals surface area contributed by atoms with Crippen LogP contribution in [0.1, 0.15) is 6.42 Å². The Labute approximate surface area is 133 Å². The van der Waals surface area contributed by atoms with E-state index in [2.05, 4.69) is 56.4 Å². The van der Waals surface area contributed by atoms with Crippen molar-refractivity contribution >= 4 is 22.6 Å². The maximum Gasteiger partial charge on any atom is 0.139 e. The van der Waals surface area contributed by atoms with Gasteiger partial charge < -0.3 is 14.0 Å². The summed E-state index contributed by atoms with van der Waals surface area (Å²) in [6.07, 6.45) is 4.76. The summed E-state index contributed by atoms with van der Waals surface area (Å²) in [5.74, 6) is 0.988. The van der Waals surface area contributed by atoms with Gasteiger partial charge in [-0.1, -0.05) is 12.1 Å². The van der Waals surface area contributed by atoms with Crippen molar-refractivity contribution in [3.8, 4) is 11.4 Å². The molecule has 0 aliphatic rings. The summed E-state index contributed by atoms with van der Waals surface area (Å²) >= 11 is 2.30. The van der Waals surface area contributed by atoms with Crippen LogP contribution in [0.5, 0.6) is 0 Å². The minimum absolute atomic E-state index is 0.692. The molecule has 0 aliphatic heterocycles. The smallest absolute Gasteiger partial charge is 0.139 e. The maximum absolute atomic E-state index is 5.59. The number of benzene rings is 1. The van der Waals surface area contributed by atoms with Crippen LogP contribution in [-0.2, 0) is 16.0 Å². The van der Waals surface area contributed by atoms with Crippen LogP contribution in [0.2, 0.25) is 0 Å². The van der Waals surface area contributed by atoms with E-state index in [1.165, 1.54) is 3.57 Å². The number of rotatable bonds is 8. The van der Waals surface area contributed by atoms with E-state index in [-0.39, 0.29) is 0 Å². The fraction of sp³-hybridized carbons (Fsp3) is 0.400. The van der Waals surface area contributed by atoms with Gasteiger partial charge in [0.2, 0.25) is 0 Å². The third-order valence-corrected chi connectivity index (χ3v) is 3.65. The van der Waals surface area contributed by atoms with Gasteiger partial charge >= 0.3 is 0 Å². The van der Waals surface area contributed by atoms with E-state index in [1.807, 2.05) is 12.4 Å². The summed E-state index contributed by atoms with van der Waals surface area (Å²) in [7, 11) is 1.71. The van der Waals surface area contributed by atoms with Gasteiger partial charge in [0.05, 0.1) is 6.61 Å². The minimum Gasteiger partial charge on any atom is -0.385 e. The molecule has 0 fully saturated rings. The monoisotopic (exact) mass is 386 g/mol.